The van der Waals surface area contributed by atoms with E-state index in [-0.39, 0.29) is 5.69 Å². The quantitative estimate of drug-likeness (QED) is 0.625. The molecule has 132 valence electrons. The number of anilines is 1. The van der Waals surface area contributed by atoms with Gasteiger partial charge in [0.25, 0.3) is 5.91 Å². The minimum Gasteiger partial charge on any atom is -0.271 e. The number of rotatable bonds is 6. The van der Waals surface area contributed by atoms with Crippen molar-refractivity contribution in [2.75, 3.05) is 17.1 Å². The first-order valence-corrected chi connectivity index (χ1v) is 8.91. The van der Waals surface area contributed by atoms with E-state index < -0.39 is 34.1 Å². The Balaban J connectivity index is 2.04. The Hall–Kier alpha value is -2.81. The molecule has 9 heteroatoms. The summed E-state index contributed by atoms with van der Waals surface area (Å²) >= 11 is 0. The lowest BCUT2D eigenvalue weighted by Gasteiger charge is -2.21. The molecule has 0 aromatic heterocycles. The first kappa shape index (κ1) is 18.5. The Morgan fingerprint density at radius 3 is 2.12 bits per heavy atom. The average Bonchev–Trinajstić information content (AvgIpc) is 2.54. The zero-order valence-electron chi connectivity index (χ0n) is 13.2. The predicted molar refractivity (Wildman–Crippen MR) is 90.7 cm³/mol. The van der Waals surface area contributed by atoms with E-state index >= 15 is 0 Å². The van der Waals surface area contributed by atoms with Gasteiger partial charge in [0.1, 0.15) is 18.2 Å². The summed E-state index contributed by atoms with van der Waals surface area (Å²) < 4.78 is 50.3. The van der Waals surface area contributed by atoms with Crippen LogP contribution < -0.4 is 9.73 Å². The van der Waals surface area contributed by atoms with Gasteiger partial charge in [-0.15, -0.1) is 0 Å². The fraction of sp³-hybridized carbons (Fsp3) is 0.125. The molecule has 2 aromatic rings. The molecule has 1 amide bonds. The lowest BCUT2D eigenvalue weighted by molar-refractivity contribution is -0.119. The van der Waals surface area contributed by atoms with Crippen LogP contribution in [0.3, 0.4) is 0 Å². The highest BCUT2D eigenvalue weighted by atomic mass is 32.2. The largest absolute Gasteiger partial charge is 0.271 e. The van der Waals surface area contributed by atoms with E-state index in [9.17, 15) is 22.0 Å². The van der Waals surface area contributed by atoms with Crippen molar-refractivity contribution in [2.45, 2.75) is 0 Å². The van der Waals surface area contributed by atoms with Crippen LogP contribution in [0.5, 0.6) is 0 Å². The molecule has 0 unspecified atom stereocenters. The summed E-state index contributed by atoms with van der Waals surface area (Å²) in [4.78, 5) is 11.9. The molecule has 0 spiro atoms. The summed E-state index contributed by atoms with van der Waals surface area (Å²) in [5.41, 5.74) is 2.90. The minimum absolute atomic E-state index is 0.154. The number of sulfonamides is 1. The topological polar surface area (TPSA) is 78.8 Å². The first-order chi connectivity index (χ1) is 11.8. The van der Waals surface area contributed by atoms with Crippen LogP contribution in [0.4, 0.5) is 14.5 Å². The van der Waals surface area contributed by atoms with Crippen molar-refractivity contribution in [1.29, 1.82) is 0 Å². The van der Waals surface area contributed by atoms with E-state index in [1.165, 1.54) is 42.6 Å². The van der Waals surface area contributed by atoms with Crippen LogP contribution in [-0.4, -0.2) is 33.3 Å². The zero-order chi connectivity index (χ0) is 18.4. The monoisotopic (exact) mass is 367 g/mol. The molecule has 0 aliphatic rings. The maximum absolute atomic E-state index is 13.0. The van der Waals surface area contributed by atoms with E-state index in [2.05, 4.69) is 10.5 Å². The van der Waals surface area contributed by atoms with Gasteiger partial charge < -0.3 is 0 Å². The summed E-state index contributed by atoms with van der Waals surface area (Å²) in [7, 11) is -3.75. The van der Waals surface area contributed by atoms with Gasteiger partial charge in [0.15, 0.2) is 0 Å². The average molecular weight is 367 g/mol. The Kier molecular flexibility index (Phi) is 5.81. The highest BCUT2D eigenvalue weighted by Crippen LogP contribution is 2.17. The molecule has 0 aliphatic heterocycles. The van der Waals surface area contributed by atoms with Crippen LogP contribution in [0.25, 0.3) is 0 Å². The lowest BCUT2D eigenvalue weighted by atomic mass is 10.2. The van der Waals surface area contributed by atoms with Gasteiger partial charge in [-0.1, -0.05) is 12.1 Å². The van der Waals surface area contributed by atoms with Crippen LogP contribution >= 0.6 is 0 Å². The Labute approximate surface area is 143 Å². The smallest absolute Gasteiger partial charge is 0.260 e. The SMILES string of the molecule is CS(=O)(=O)N(CC(=O)N/N=C\c1ccc(F)cc1)c1ccc(F)cc1. The van der Waals surface area contributed by atoms with E-state index in [4.69, 9.17) is 0 Å². The molecule has 0 atom stereocenters. The second-order valence-corrected chi connectivity index (χ2v) is 7.00. The molecule has 1 N–H and O–H groups in total. The molecular weight excluding hydrogens is 352 g/mol. The number of nitrogens with zero attached hydrogens (tertiary/aromatic N) is 2. The third-order valence-corrected chi connectivity index (χ3v) is 4.22. The Morgan fingerprint density at radius 2 is 1.60 bits per heavy atom. The highest BCUT2D eigenvalue weighted by molar-refractivity contribution is 7.92. The number of carbonyl (C=O) groups excluding carboxylic acids is 1. The first-order valence-electron chi connectivity index (χ1n) is 7.06. The van der Waals surface area contributed by atoms with Gasteiger partial charge in [-0.25, -0.2) is 22.6 Å². The Morgan fingerprint density at radius 1 is 1.08 bits per heavy atom. The van der Waals surface area contributed by atoms with Crippen molar-refractivity contribution in [1.82, 2.24) is 5.43 Å². The molecule has 0 radical (unpaired) electrons. The number of hydrogen-bond donors (Lipinski definition) is 1. The highest BCUT2D eigenvalue weighted by Gasteiger charge is 2.20. The maximum atomic E-state index is 13.0. The summed E-state index contributed by atoms with van der Waals surface area (Å²) in [6.45, 7) is -0.523. The van der Waals surface area contributed by atoms with Gasteiger partial charge in [0.05, 0.1) is 18.2 Å². The summed E-state index contributed by atoms with van der Waals surface area (Å²) in [5.74, 6) is -1.61. The molecule has 0 saturated heterocycles. The number of hydrogen-bond acceptors (Lipinski definition) is 4. The molecule has 2 aromatic carbocycles. The van der Waals surface area contributed by atoms with Crippen LogP contribution in [0.15, 0.2) is 53.6 Å². The normalized spacial score (nSPS) is 11.5. The van der Waals surface area contributed by atoms with Crippen LogP contribution in [-0.2, 0) is 14.8 Å². The van der Waals surface area contributed by atoms with E-state index in [0.29, 0.717) is 5.56 Å². The third kappa shape index (κ3) is 5.64. The number of halogens is 2. The van der Waals surface area contributed by atoms with Crippen molar-refractivity contribution in [3.8, 4) is 0 Å². The fourth-order valence-corrected chi connectivity index (χ4v) is 2.76. The number of hydrazone groups is 1. The van der Waals surface area contributed by atoms with Gasteiger partial charge in [0.2, 0.25) is 10.0 Å². The summed E-state index contributed by atoms with van der Waals surface area (Å²) in [6, 6.07) is 10.1. The van der Waals surface area contributed by atoms with E-state index in [1.54, 1.807) is 0 Å². The van der Waals surface area contributed by atoms with Gasteiger partial charge >= 0.3 is 0 Å². The van der Waals surface area contributed by atoms with Crippen molar-refractivity contribution in [3.63, 3.8) is 0 Å². The van der Waals surface area contributed by atoms with Crippen molar-refractivity contribution < 1.29 is 22.0 Å². The van der Waals surface area contributed by atoms with Gasteiger partial charge in [0, 0.05) is 0 Å². The second-order valence-electron chi connectivity index (χ2n) is 5.09. The predicted octanol–water partition coefficient (Wildman–Crippen LogP) is 1.88. The van der Waals surface area contributed by atoms with Crippen LogP contribution in [0, 0.1) is 11.6 Å². The molecule has 0 bridgehead atoms. The molecule has 2 rings (SSSR count). The Bertz CT molecular complexity index is 867. The molecule has 0 fully saturated rings. The fourth-order valence-electron chi connectivity index (χ4n) is 1.90. The molecule has 0 heterocycles. The van der Waals surface area contributed by atoms with Gasteiger partial charge in [-0.05, 0) is 42.0 Å². The van der Waals surface area contributed by atoms with Crippen molar-refractivity contribution >= 4 is 27.8 Å². The molecule has 0 saturated carbocycles. The standard InChI is InChI=1S/C16H15F2N3O3S/c1-25(23,24)21(15-8-6-14(18)7-9-15)11-16(22)20-19-10-12-2-4-13(17)5-3-12/h2-10H,11H2,1H3,(H,20,22)/b19-10-. The van der Waals surface area contributed by atoms with Gasteiger partial charge in [-0.2, -0.15) is 5.10 Å². The lowest BCUT2D eigenvalue weighted by Crippen LogP contribution is -2.39. The van der Waals surface area contributed by atoms with Gasteiger partial charge in [-0.3, -0.25) is 9.10 Å². The third-order valence-electron chi connectivity index (χ3n) is 3.08. The molecule has 0 aliphatic carbocycles. The second kappa shape index (κ2) is 7.84. The van der Waals surface area contributed by atoms with E-state index in [1.807, 2.05) is 0 Å². The zero-order valence-corrected chi connectivity index (χ0v) is 14.0. The van der Waals surface area contributed by atoms with Crippen LogP contribution in [0.2, 0.25) is 0 Å². The van der Waals surface area contributed by atoms with Crippen molar-refractivity contribution in [2.24, 2.45) is 5.10 Å². The van der Waals surface area contributed by atoms with Crippen molar-refractivity contribution in [3.05, 3.63) is 65.7 Å². The maximum Gasteiger partial charge on any atom is 0.260 e. The summed E-state index contributed by atoms with van der Waals surface area (Å²) in [6.07, 6.45) is 2.23. The number of carbonyl (C=O) groups is 1. The summed E-state index contributed by atoms with van der Waals surface area (Å²) in [5, 5.41) is 3.69. The number of benzene rings is 2. The molecule has 6 nitrogen and oxygen atoms in total. The number of nitrogens with one attached hydrogen (secondary N) is 1. The minimum atomic E-state index is -3.75. The van der Waals surface area contributed by atoms with E-state index in [0.717, 1.165) is 22.7 Å². The number of amides is 1. The molecular formula is C16H15F2N3O3S. The molecule has 25 heavy (non-hydrogen) atoms. The van der Waals surface area contributed by atoms with Crippen LogP contribution in [0.1, 0.15) is 5.56 Å².